The number of aliphatic hydroxyl groups is 1. The first-order valence-electron chi connectivity index (χ1n) is 10.6. The second-order valence-electron chi connectivity index (χ2n) is 7.81. The minimum absolute atomic E-state index is 0. The number of furan rings is 1. The molecule has 0 amide bonds. The number of hydrogen-bond donors (Lipinski definition) is 2. The van der Waals surface area contributed by atoms with Crippen molar-refractivity contribution in [3.05, 3.63) is 54.5 Å². The van der Waals surface area contributed by atoms with Crippen LogP contribution in [0.25, 0.3) is 0 Å². The van der Waals surface area contributed by atoms with Crippen LogP contribution >= 0.6 is 24.0 Å². The van der Waals surface area contributed by atoms with E-state index in [1.807, 2.05) is 25.1 Å². The average Bonchev–Trinajstić information content (AvgIpc) is 3.42. The predicted octanol–water partition coefficient (Wildman–Crippen LogP) is 3.61. The Hall–Kier alpha value is -1.74. The number of nitrogens with zero attached hydrogens (tertiary/aromatic N) is 3. The molecule has 2 atom stereocenters. The Morgan fingerprint density at radius 3 is 2.77 bits per heavy atom. The molecule has 0 bridgehead atoms. The van der Waals surface area contributed by atoms with Crippen molar-refractivity contribution < 1.29 is 9.52 Å². The molecule has 1 aliphatic rings. The fourth-order valence-corrected chi connectivity index (χ4v) is 3.70. The summed E-state index contributed by atoms with van der Waals surface area (Å²) in [6, 6.07) is 14.3. The number of guanidine groups is 1. The summed E-state index contributed by atoms with van der Waals surface area (Å²) in [4.78, 5) is 9.42. The summed E-state index contributed by atoms with van der Waals surface area (Å²) in [6.45, 7) is 6.20. The zero-order valence-electron chi connectivity index (χ0n) is 18.0. The van der Waals surface area contributed by atoms with E-state index in [4.69, 9.17) is 9.41 Å². The number of para-hydroxylation sites is 1. The molecule has 166 valence electrons. The van der Waals surface area contributed by atoms with Crippen LogP contribution in [-0.4, -0.2) is 61.8 Å². The number of aliphatic imine (C=N–C) groups is 1. The van der Waals surface area contributed by atoms with Crippen LogP contribution in [0.5, 0.6) is 0 Å². The highest BCUT2D eigenvalue weighted by molar-refractivity contribution is 14.0. The van der Waals surface area contributed by atoms with Crippen molar-refractivity contribution in [2.24, 2.45) is 10.9 Å². The fourth-order valence-electron chi connectivity index (χ4n) is 3.70. The third kappa shape index (κ3) is 7.50. The van der Waals surface area contributed by atoms with E-state index in [9.17, 15) is 5.11 Å². The molecule has 1 aromatic heterocycles. The molecule has 7 heteroatoms. The summed E-state index contributed by atoms with van der Waals surface area (Å²) in [5.41, 5.74) is 1.23. The van der Waals surface area contributed by atoms with Gasteiger partial charge in [0.1, 0.15) is 5.76 Å². The normalized spacial score (nSPS) is 17.5. The lowest BCUT2D eigenvalue weighted by Crippen LogP contribution is -2.41. The second-order valence-corrected chi connectivity index (χ2v) is 7.81. The third-order valence-corrected chi connectivity index (χ3v) is 5.55. The molecule has 1 fully saturated rings. The molecular formula is C23H35IN4O2. The number of nitrogens with one attached hydrogen (secondary N) is 1. The van der Waals surface area contributed by atoms with Gasteiger partial charge in [0.25, 0.3) is 0 Å². The van der Waals surface area contributed by atoms with Crippen LogP contribution in [0.3, 0.4) is 0 Å². The Kier molecular flexibility index (Phi) is 10.5. The number of benzene rings is 1. The molecule has 0 spiro atoms. The lowest BCUT2D eigenvalue weighted by atomic mass is 10.0. The maximum absolute atomic E-state index is 9.93. The van der Waals surface area contributed by atoms with Crippen LogP contribution in [0.15, 0.2) is 58.1 Å². The van der Waals surface area contributed by atoms with Crippen LogP contribution in [0, 0.1) is 5.92 Å². The molecule has 6 nitrogen and oxygen atoms in total. The molecule has 0 radical (unpaired) electrons. The largest absolute Gasteiger partial charge is 0.469 e. The highest BCUT2D eigenvalue weighted by atomic mass is 127. The van der Waals surface area contributed by atoms with E-state index in [0.717, 1.165) is 63.7 Å². The van der Waals surface area contributed by atoms with E-state index < -0.39 is 0 Å². The molecule has 30 heavy (non-hydrogen) atoms. The summed E-state index contributed by atoms with van der Waals surface area (Å²) in [5, 5.41) is 13.4. The molecule has 0 aliphatic carbocycles. The highest BCUT2D eigenvalue weighted by Crippen LogP contribution is 2.19. The van der Waals surface area contributed by atoms with E-state index in [0.29, 0.717) is 5.92 Å². The highest BCUT2D eigenvalue weighted by Gasteiger charge is 2.27. The SMILES string of the molecule is CC(O)C1CCN(C(=NCCCN(C)c2ccccc2)NCCc2ccco2)C1.I. The quantitative estimate of drug-likeness (QED) is 0.226. The van der Waals surface area contributed by atoms with Gasteiger partial charge < -0.3 is 24.6 Å². The van der Waals surface area contributed by atoms with Gasteiger partial charge in [-0.1, -0.05) is 18.2 Å². The van der Waals surface area contributed by atoms with Gasteiger partial charge in [0.2, 0.25) is 0 Å². The second kappa shape index (κ2) is 12.8. The fraction of sp³-hybridized carbons (Fsp3) is 0.522. The smallest absolute Gasteiger partial charge is 0.193 e. The topological polar surface area (TPSA) is 64.2 Å². The lowest BCUT2D eigenvalue weighted by Gasteiger charge is -2.23. The van der Waals surface area contributed by atoms with Crippen LogP contribution in [-0.2, 0) is 6.42 Å². The zero-order valence-corrected chi connectivity index (χ0v) is 20.4. The number of anilines is 1. The summed E-state index contributed by atoms with van der Waals surface area (Å²) in [5.74, 6) is 2.24. The number of aliphatic hydroxyl groups excluding tert-OH is 1. The summed E-state index contributed by atoms with van der Waals surface area (Å²) in [6.07, 6.45) is 4.26. The Morgan fingerprint density at radius 1 is 1.30 bits per heavy atom. The Morgan fingerprint density at radius 2 is 2.10 bits per heavy atom. The van der Waals surface area contributed by atoms with E-state index in [2.05, 4.69) is 46.4 Å². The molecular weight excluding hydrogens is 491 g/mol. The predicted molar refractivity (Wildman–Crippen MR) is 134 cm³/mol. The Balaban J connectivity index is 0.00000320. The van der Waals surface area contributed by atoms with Crippen molar-refractivity contribution in [3.8, 4) is 0 Å². The van der Waals surface area contributed by atoms with Crippen molar-refractivity contribution in [2.45, 2.75) is 32.3 Å². The Labute approximate surface area is 197 Å². The number of likely N-dealkylation sites (tertiary alicyclic amines) is 1. The molecule has 1 aliphatic heterocycles. The monoisotopic (exact) mass is 526 g/mol. The van der Waals surface area contributed by atoms with Crippen molar-refractivity contribution in [1.29, 1.82) is 0 Å². The van der Waals surface area contributed by atoms with Gasteiger partial charge in [-0.15, -0.1) is 24.0 Å². The number of halogens is 1. The van der Waals surface area contributed by atoms with Crippen molar-refractivity contribution in [1.82, 2.24) is 10.2 Å². The standard InChI is InChI=1S/C23H34N4O2.HI/c1-19(28)20-12-16-27(18-20)23(25-14-11-22-10-6-17-29-22)24-13-7-15-26(2)21-8-4-3-5-9-21;/h3-6,8-10,17,19-20,28H,7,11-16,18H2,1-2H3,(H,24,25);1H. The van der Waals surface area contributed by atoms with Gasteiger partial charge >= 0.3 is 0 Å². The number of hydrogen-bond acceptors (Lipinski definition) is 4. The van der Waals surface area contributed by atoms with Crippen LogP contribution in [0.1, 0.15) is 25.5 Å². The van der Waals surface area contributed by atoms with Crippen LogP contribution in [0.4, 0.5) is 5.69 Å². The van der Waals surface area contributed by atoms with Gasteiger partial charge in [0.05, 0.1) is 12.4 Å². The van der Waals surface area contributed by atoms with E-state index in [1.165, 1.54) is 5.69 Å². The van der Waals surface area contributed by atoms with Gasteiger partial charge in [-0.05, 0) is 44.0 Å². The molecule has 2 unspecified atom stereocenters. The summed E-state index contributed by atoms with van der Waals surface area (Å²) >= 11 is 0. The minimum Gasteiger partial charge on any atom is -0.469 e. The maximum Gasteiger partial charge on any atom is 0.193 e. The first-order chi connectivity index (χ1) is 14.1. The molecule has 2 aromatic rings. The van der Waals surface area contributed by atoms with Crippen molar-refractivity contribution in [3.63, 3.8) is 0 Å². The lowest BCUT2D eigenvalue weighted by molar-refractivity contribution is 0.132. The maximum atomic E-state index is 9.93. The average molecular weight is 526 g/mol. The molecule has 2 heterocycles. The Bertz CT molecular complexity index is 737. The van der Waals surface area contributed by atoms with Gasteiger partial charge in [-0.2, -0.15) is 0 Å². The van der Waals surface area contributed by atoms with Crippen LogP contribution in [0.2, 0.25) is 0 Å². The molecule has 3 rings (SSSR count). The third-order valence-electron chi connectivity index (χ3n) is 5.55. The van der Waals surface area contributed by atoms with Crippen molar-refractivity contribution >= 4 is 35.6 Å². The minimum atomic E-state index is -0.274. The van der Waals surface area contributed by atoms with Crippen molar-refractivity contribution in [2.75, 3.05) is 44.7 Å². The van der Waals surface area contributed by atoms with Gasteiger partial charge in [-0.3, -0.25) is 4.99 Å². The molecule has 0 saturated carbocycles. The first kappa shape index (κ1) is 24.5. The van der Waals surface area contributed by atoms with E-state index >= 15 is 0 Å². The van der Waals surface area contributed by atoms with E-state index in [1.54, 1.807) is 6.26 Å². The summed E-state index contributed by atoms with van der Waals surface area (Å²) in [7, 11) is 2.12. The van der Waals surface area contributed by atoms with Gasteiger partial charge in [-0.25, -0.2) is 0 Å². The van der Waals surface area contributed by atoms with Gasteiger partial charge in [0.15, 0.2) is 5.96 Å². The van der Waals surface area contributed by atoms with Crippen LogP contribution < -0.4 is 10.2 Å². The first-order valence-corrected chi connectivity index (χ1v) is 10.6. The summed E-state index contributed by atoms with van der Waals surface area (Å²) < 4.78 is 5.42. The van der Waals surface area contributed by atoms with E-state index in [-0.39, 0.29) is 30.1 Å². The molecule has 1 aromatic carbocycles. The number of rotatable bonds is 9. The van der Waals surface area contributed by atoms with Gasteiger partial charge in [0, 0.05) is 57.8 Å². The molecule has 2 N–H and O–H groups in total. The zero-order chi connectivity index (χ0) is 20.5. The molecule has 1 saturated heterocycles.